The van der Waals surface area contributed by atoms with Gasteiger partial charge in [-0.3, -0.25) is 0 Å². The van der Waals surface area contributed by atoms with Gasteiger partial charge in [0.15, 0.2) is 0 Å². The van der Waals surface area contributed by atoms with Crippen molar-refractivity contribution in [2.75, 3.05) is 14.2 Å². The molecule has 0 saturated heterocycles. The summed E-state index contributed by atoms with van der Waals surface area (Å²) in [6, 6.07) is 0. The lowest BCUT2D eigenvalue weighted by atomic mass is 9.94. The number of methoxy groups -OCH3 is 2. The first-order chi connectivity index (χ1) is 10.2. The van der Waals surface area contributed by atoms with E-state index in [0.29, 0.717) is 6.42 Å². The van der Waals surface area contributed by atoms with Crippen LogP contribution in [0.1, 0.15) is 6.42 Å². The number of hydrogen-bond acceptors (Lipinski definition) is 4. The molecule has 0 aromatic carbocycles. The lowest BCUT2D eigenvalue weighted by Gasteiger charge is -2.13. The molecule has 21 heavy (non-hydrogen) atoms. The van der Waals surface area contributed by atoms with E-state index in [-0.39, 0.29) is 11.1 Å². The minimum atomic E-state index is -0.569. The Kier molecular flexibility index (Phi) is 4.72. The molecule has 4 nitrogen and oxygen atoms in total. The van der Waals surface area contributed by atoms with Gasteiger partial charge in [-0.1, -0.05) is 36.5 Å². The largest absolute Gasteiger partial charge is 0.465 e. The van der Waals surface area contributed by atoms with Crippen molar-refractivity contribution in [2.24, 2.45) is 0 Å². The Morgan fingerprint density at radius 3 is 2.29 bits per heavy atom. The Morgan fingerprint density at radius 2 is 1.57 bits per heavy atom. The highest BCUT2D eigenvalue weighted by atomic mass is 16.5. The van der Waals surface area contributed by atoms with E-state index < -0.39 is 11.9 Å². The molecule has 0 aromatic heterocycles. The van der Waals surface area contributed by atoms with Crippen LogP contribution in [0.3, 0.4) is 0 Å². The average Bonchev–Trinajstić information content (AvgIpc) is 2.44. The van der Waals surface area contributed by atoms with Gasteiger partial charge in [0.25, 0.3) is 0 Å². The Bertz CT molecular complexity index is 640. The van der Waals surface area contributed by atoms with Gasteiger partial charge in [0, 0.05) is 0 Å². The maximum absolute atomic E-state index is 12.0. The van der Waals surface area contributed by atoms with E-state index in [4.69, 9.17) is 9.47 Å². The predicted molar refractivity (Wildman–Crippen MR) is 79.3 cm³/mol. The standard InChI is InChI=1S/C17H16O4/c1-20-16(18)14-9-8-12-6-4-3-5-7-13(10-12)11-15(14)17(19)21-2/h3-9,11H,10H2,1-2H3/b4-3-,5-3?,6-4?,7-5-,9-8-,12-6-,12-8?,13-7?,13-11-,14-9?,15-11?,15-14-. The van der Waals surface area contributed by atoms with E-state index in [2.05, 4.69) is 0 Å². The van der Waals surface area contributed by atoms with E-state index >= 15 is 0 Å². The van der Waals surface area contributed by atoms with Crippen LogP contribution in [0.4, 0.5) is 0 Å². The second-order valence-corrected chi connectivity index (χ2v) is 4.53. The molecule has 0 atom stereocenters. The molecule has 0 saturated carbocycles. The van der Waals surface area contributed by atoms with Crippen LogP contribution >= 0.6 is 0 Å². The molecule has 0 spiro atoms. The predicted octanol–water partition coefficient (Wildman–Crippen LogP) is 2.57. The summed E-state index contributed by atoms with van der Waals surface area (Å²) in [6.07, 6.45) is 15.3. The van der Waals surface area contributed by atoms with Crippen LogP contribution in [0.25, 0.3) is 0 Å². The third-order valence-corrected chi connectivity index (χ3v) is 3.15. The maximum atomic E-state index is 12.0. The summed E-state index contributed by atoms with van der Waals surface area (Å²) in [5.41, 5.74) is 2.33. The number of ether oxygens (including phenoxy) is 2. The van der Waals surface area contributed by atoms with Crippen LogP contribution in [-0.2, 0) is 19.1 Å². The van der Waals surface area contributed by atoms with Gasteiger partial charge in [0.05, 0.1) is 25.4 Å². The molecule has 0 aromatic rings. The fourth-order valence-corrected chi connectivity index (χ4v) is 2.10. The minimum absolute atomic E-state index is 0.186. The third kappa shape index (κ3) is 3.48. The van der Waals surface area contributed by atoms with Gasteiger partial charge in [0.2, 0.25) is 0 Å². The fourth-order valence-electron chi connectivity index (χ4n) is 2.10. The first-order valence-corrected chi connectivity index (χ1v) is 6.49. The summed E-state index contributed by atoms with van der Waals surface area (Å²) in [6.45, 7) is 0. The van der Waals surface area contributed by atoms with E-state index in [9.17, 15) is 9.59 Å². The quantitative estimate of drug-likeness (QED) is 0.731. The molecule has 2 aliphatic carbocycles. The molecule has 0 amide bonds. The van der Waals surface area contributed by atoms with Gasteiger partial charge in [-0.05, 0) is 29.7 Å². The number of carbonyl (C=O) groups excluding carboxylic acids is 2. The topological polar surface area (TPSA) is 52.6 Å². The van der Waals surface area contributed by atoms with Crippen molar-refractivity contribution in [3.8, 4) is 0 Å². The Hall–Kier alpha value is -2.62. The third-order valence-electron chi connectivity index (χ3n) is 3.15. The fraction of sp³-hybridized carbons (Fsp3) is 0.176. The number of rotatable bonds is 2. The number of carbonyl (C=O) groups is 2. The molecule has 0 radical (unpaired) electrons. The summed E-state index contributed by atoms with van der Waals surface area (Å²) in [4.78, 5) is 23.9. The monoisotopic (exact) mass is 284 g/mol. The van der Waals surface area contributed by atoms with Crippen molar-refractivity contribution in [2.45, 2.75) is 6.42 Å². The number of esters is 2. The Labute approximate surface area is 123 Å². The van der Waals surface area contributed by atoms with E-state index in [1.54, 1.807) is 12.2 Å². The summed E-state index contributed by atoms with van der Waals surface area (Å²) in [5, 5.41) is 0. The first-order valence-electron chi connectivity index (χ1n) is 6.49. The Balaban J connectivity index is 2.64. The summed E-state index contributed by atoms with van der Waals surface area (Å²) in [5.74, 6) is -1.13. The van der Waals surface area contributed by atoms with E-state index in [1.807, 2.05) is 36.5 Å². The molecule has 2 aliphatic rings. The smallest absolute Gasteiger partial charge is 0.338 e. The average molecular weight is 284 g/mol. The lowest BCUT2D eigenvalue weighted by Crippen LogP contribution is -2.13. The highest BCUT2D eigenvalue weighted by molar-refractivity contribution is 6.04. The molecule has 0 aliphatic heterocycles. The molecule has 108 valence electrons. The molecule has 4 heteroatoms. The van der Waals surface area contributed by atoms with Crippen molar-refractivity contribution in [1.82, 2.24) is 0 Å². The zero-order valence-electron chi connectivity index (χ0n) is 12.0. The van der Waals surface area contributed by atoms with Crippen molar-refractivity contribution in [1.29, 1.82) is 0 Å². The molecule has 0 N–H and O–H groups in total. The van der Waals surface area contributed by atoms with Crippen molar-refractivity contribution in [3.63, 3.8) is 0 Å². The van der Waals surface area contributed by atoms with Gasteiger partial charge in [-0.15, -0.1) is 0 Å². The van der Waals surface area contributed by atoms with Crippen molar-refractivity contribution >= 4 is 11.9 Å². The normalized spacial score (nSPS) is 30.0. The van der Waals surface area contributed by atoms with Crippen LogP contribution in [-0.4, -0.2) is 26.2 Å². The first kappa shape index (κ1) is 14.8. The Morgan fingerprint density at radius 1 is 0.857 bits per heavy atom. The second-order valence-electron chi connectivity index (χ2n) is 4.53. The zero-order valence-corrected chi connectivity index (χ0v) is 12.0. The van der Waals surface area contributed by atoms with Crippen LogP contribution < -0.4 is 0 Å². The van der Waals surface area contributed by atoms with Crippen molar-refractivity contribution < 1.29 is 19.1 Å². The minimum Gasteiger partial charge on any atom is -0.465 e. The number of fused-ring (bicyclic) bond motifs is 2. The second kappa shape index (κ2) is 6.70. The van der Waals surface area contributed by atoms with Crippen LogP contribution in [0.15, 0.2) is 70.9 Å². The molecule has 2 bridgehead atoms. The summed E-state index contributed by atoms with van der Waals surface area (Å²) >= 11 is 0. The molecule has 2 rings (SSSR count). The molecule has 0 fully saturated rings. The zero-order chi connectivity index (χ0) is 15.2. The summed E-state index contributed by atoms with van der Waals surface area (Å²) < 4.78 is 9.52. The van der Waals surface area contributed by atoms with Gasteiger partial charge in [-0.25, -0.2) is 9.59 Å². The van der Waals surface area contributed by atoms with Gasteiger partial charge in [-0.2, -0.15) is 0 Å². The highest BCUT2D eigenvalue weighted by Gasteiger charge is 2.21. The highest BCUT2D eigenvalue weighted by Crippen LogP contribution is 2.24. The van der Waals surface area contributed by atoms with Crippen LogP contribution in [0, 0.1) is 0 Å². The summed E-state index contributed by atoms with van der Waals surface area (Å²) in [7, 11) is 2.57. The van der Waals surface area contributed by atoms with Gasteiger partial charge >= 0.3 is 11.9 Å². The van der Waals surface area contributed by atoms with Crippen LogP contribution in [0.5, 0.6) is 0 Å². The lowest BCUT2D eigenvalue weighted by molar-refractivity contribution is -0.138. The maximum Gasteiger partial charge on any atom is 0.338 e. The molecule has 0 heterocycles. The SMILES string of the molecule is COC(=O)C1=C(C(=O)OC)/C=C2/C=C\C=C/C=C(/C=C\1)C2. The van der Waals surface area contributed by atoms with Crippen LogP contribution in [0.2, 0.25) is 0 Å². The van der Waals surface area contributed by atoms with Gasteiger partial charge < -0.3 is 9.47 Å². The van der Waals surface area contributed by atoms with E-state index in [1.165, 1.54) is 14.2 Å². The number of hydrogen-bond donors (Lipinski definition) is 0. The van der Waals surface area contributed by atoms with Crippen molar-refractivity contribution in [3.05, 3.63) is 70.9 Å². The van der Waals surface area contributed by atoms with Gasteiger partial charge in [0.1, 0.15) is 0 Å². The van der Waals surface area contributed by atoms with E-state index in [0.717, 1.165) is 11.1 Å². The molecular formula is C17H16O4. The molecular weight excluding hydrogens is 268 g/mol. The number of allylic oxidation sites excluding steroid dienone is 8. The molecule has 0 unspecified atom stereocenters.